The van der Waals surface area contributed by atoms with Crippen molar-refractivity contribution in [3.05, 3.63) is 0 Å². The summed E-state index contributed by atoms with van der Waals surface area (Å²) in [4.78, 5) is 22.5. The lowest BCUT2D eigenvalue weighted by molar-refractivity contribution is -0.190. The third kappa shape index (κ3) is 3.63. The maximum atomic E-state index is 12.5. The van der Waals surface area contributed by atoms with Crippen molar-refractivity contribution >= 4 is 24.6 Å². The Bertz CT molecular complexity index is 504. The van der Waals surface area contributed by atoms with Gasteiger partial charge in [0.25, 0.3) is 0 Å². The van der Waals surface area contributed by atoms with Gasteiger partial charge in [-0.3, -0.25) is 0 Å². The van der Waals surface area contributed by atoms with Crippen molar-refractivity contribution in [2.45, 2.75) is 49.4 Å². The highest BCUT2D eigenvalue weighted by Crippen LogP contribution is 2.61. The minimum absolute atomic E-state index is 0.135. The Hall–Kier alpha value is -0.890. The van der Waals surface area contributed by atoms with Gasteiger partial charge in [0.05, 0.1) is 12.2 Å². The van der Waals surface area contributed by atoms with Crippen molar-refractivity contribution in [3.63, 3.8) is 0 Å². The molecule has 23 heavy (non-hydrogen) atoms. The number of esters is 2. The topological polar surface area (TPSA) is 72.8 Å². The second-order valence-electron chi connectivity index (χ2n) is 7.46. The molecule has 0 aliphatic heterocycles. The fourth-order valence-electron chi connectivity index (χ4n) is 5.06. The van der Waals surface area contributed by atoms with Crippen LogP contribution < -0.4 is 0 Å². The van der Waals surface area contributed by atoms with Crippen LogP contribution >= 0.6 is 12.6 Å². The number of thiol groups is 1. The van der Waals surface area contributed by atoms with Crippen LogP contribution in [0.3, 0.4) is 0 Å². The third-order valence-corrected chi connectivity index (χ3v) is 5.44. The molecule has 4 aliphatic carbocycles. The highest BCUT2D eigenvalue weighted by molar-refractivity contribution is 7.82. The van der Waals surface area contributed by atoms with Crippen LogP contribution in [0.4, 0.5) is 8.78 Å². The van der Waals surface area contributed by atoms with E-state index in [0.29, 0.717) is 18.3 Å². The molecule has 4 bridgehead atoms. The smallest absolute Gasteiger partial charge is 0.388 e. The molecule has 5 nitrogen and oxygen atoms in total. The standard InChI is InChI=1S/C15H20F2O5S/c16-15(17,23)12(19)21-6-11(18)22-8-13-2-9-1-10(3-13)5-14(20,4-9)7-13/h9-10,20,23H,1-8H2. The maximum Gasteiger partial charge on any atom is 0.388 e. The van der Waals surface area contributed by atoms with Crippen LogP contribution in [0.5, 0.6) is 0 Å². The average molecular weight is 350 g/mol. The van der Waals surface area contributed by atoms with Crippen LogP contribution in [-0.4, -0.2) is 41.1 Å². The molecule has 130 valence electrons. The minimum Gasteiger partial charge on any atom is -0.463 e. The molecule has 4 saturated carbocycles. The van der Waals surface area contributed by atoms with Crippen molar-refractivity contribution in [1.29, 1.82) is 0 Å². The highest BCUT2D eigenvalue weighted by atomic mass is 32.1. The molecule has 1 N–H and O–H groups in total. The average Bonchev–Trinajstić information content (AvgIpc) is 2.38. The summed E-state index contributed by atoms with van der Waals surface area (Å²) in [6.07, 6.45) is 5.17. The van der Waals surface area contributed by atoms with E-state index in [9.17, 15) is 23.5 Å². The Kier molecular flexibility index (Phi) is 4.11. The van der Waals surface area contributed by atoms with Crippen LogP contribution in [0.25, 0.3) is 0 Å². The van der Waals surface area contributed by atoms with Gasteiger partial charge in [-0.05, 0) is 50.4 Å². The number of halogens is 2. The van der Waals surface area contributed by atoms with Gasteiger partial charge >= 0.3 is 17.2 Å². The summed E-state index contributed by atoms with van der Waals surface area (Å²) in [7, 11) is 0. The van der Waals surface area contributed by atoms with Crippen molar-refractivity contribution < 1.29 is 33.0 Å². The largest absolute Gasteiger partial charge is 0.463 e. The first kappa shape index (κ1) is 17.0. The second kappa shape index (κ2) is 5.58. The van der Waals surface area contributed by atoms with Gasteiger partial charge in [0, 0.05) is 5.41 Å². The van der Waals surface area contributed by atoms with Crippen LogP contribution in [-0.2, 0) is 19.1 Å². The Morgan fingerprint density at radius 2 is 1.78 bits per heavy atom. The first-order valence-corrected chi connectivity index (χ1v) is 8.19. The first-order valence-electron chi connectivity index (χ1n) is 7.75. The van der Waals surface area contributed by atoms with Crippen molar-refractivity contribution in [2.24, 2.45) is 17.3 Å². The molecule has 8 heteroatoms. The molecule has 0 aromatic rings. The van der Waals surface area contributed by atoms with E-state index in [-0.39, 0.29) is 12.0 Å². The Morgan fingerprint density at radius 3 is 2.30 bits per heavy atom. The number of aliphatic hydroxyl groups is 1. The summed E-state index contributed by atoms with van der Waals surface area (Å²) in [5.74, 6) is -1.82. The van der Waals surface area contributed by atoms with E-state index in [1.54, 1.807) is 0 Å². The summed E-state index contributed by atoms with van der Waals surface area (Å²) in [6, 6.07) is 0. The van der Waals surface area contributed by atoms with E-state index < -0.39 is 29.4 Å². The van der Waals surface area contributed by atoms with Crippen molar-refractivity contribution in [3.8, 4) is 0 Å². The number of ether oxygens (including phenoxy) is 2. The fraction of sp³-hybridized carbons (Fsp3) is 0.867. The minimum atomic E-state index is -3.93. The summed E-state index contributed by atoms with van der Waals surface area (Å²) in [5.41, 5.74) is -0.886. The lowest BCUT2D eigenvalue weighted by Gasteiger charge is -2.59. The van der Waals surface area contributed by atoms with Gasteiger partial charge in [0.15, 0.2) is 6.61 Å². The van der Waals surface area contributed by atoms with Crippen molar-refractivity contribution in [2.75, 3.05) is 13.2 Å². The zero-order chi connectivity index (χ0) is 16.9. The number of hydrogen-bond acceptors (Lipinski definition) is 6. The molecule has 0 saturated heterocycles. The summed E-state index contributed by atoms with van der Waals surface area (Å²) >= 11 is 2.77. The van der Waals surface area contributed by atoms with E-state index in [0.717, 1.165) is 32.1 Å². The number of alkyl halides is 2. The third-order valence-electron chi connectivity index (χ3n) is 5.26. The van der Waals surface area contributed by atoms with E-state index in [1.165, 1.54) is 0 Å². The predicted molar refractivity (Wildman–Crippen MR) is 77.9 cm³/mol. The number of carbonyl (C=O) groups excluding carboxylic acids is 2. The fourth-order valence-corrected chi connectivity index (χ4v) is 5.12. The molecular weight excluding hydrogens is 330 g/mol. The number of hydrogen-bond donors (Lipinski definition) is 2. The van der Waals surface area contributed by atoms with Gasteiger partial charge < -0.3 is 14.6 Å². The molecule has 0 heterocycles. The van der Waals surface area contributed by atoms with E-state index >= 15 is 0 Å². The SMILES string of the molecule is O=C(COC(=O)C(F)(F)S)OCC12CC3CC(CC(O)(C3)C1)C2. The molecule has 0 aromatic heterocycles. The van der Waals surface area contributed by atoms with Gasteiger partial charge in [-0.25, -0.2) is 9.59 Å². The maximum absolute atomic E-state index is 12.5. The lowest BCUT2D eigenvalue weighted by Crippen LogP contribution is -2.57. The first-order chi connectivity index (χ1) is 10.6. The van der Waals surface area contributed by atoms with Gasteiger partial charge in [0.2, 0.25) is 0 Å². The molecule has 0 amide bonds. The van der Waals surface area contributed by atoms with Crippen LogP contribution in [0, 0.1) is 17.3 Å². The van der Waals surface area contributed by atoms with Gasteiger partial charge in [-0.1, -0.05) is 12.6 Å². The van der Waals surface area contributed by atoms with Gasteiger partial charge in [0.1, 0.15) is 0 Å². The van der Waals surface area contributed by atoms with Crippen LogP contribution in [0.2, 0.25) is 0 Å². The Balaban J connectivity index is 1.51. The summed E-state index contributed by atoms with van der Waals surface area (Å²) < 4.78 is 34.3. The second-order valence-corrected chi connectivity index (χ2v) is 8.03. The van der Waals surface area contributed by atoms with Gasteiger partial charge in [-0.2, -0.15) is 8.78 Å². The molecule has 2 atom stereocenters. The number of rotatable bonds is 5. The van der Waals surface area contributed by atoms with E-state index in [2.05, 4.69) is 17.4 Å². The van der Waals surface area contributed by atoms with E-state index in [4.69, 9.17) is 4.74 Å². The quantitative estimate of drug-likeness (QED) is 0.585. The molecule has 0 aromatic carbocycles. The molecule has 4 aliphatic rings. The Labute approximate surface area is 138 Å². The normalized spacial score (nSPS) is 38.4. The zero-order valence-electron chi connectivity index (χ0n) is 12.6. The summed E-state index contributed by atoms with van der Waals surface area (Å²) in [6.45, 7) is -0.724. The predicted octanol–water partition coefficient (Wildman–Crippen LogP) is 1.93. The van der Waals surface area contributed by atoms with Crippen molar-refractivity contribution in [1.82, 2.24) is 0 Å². The number of carbonyl (C=O) groups is 2. The molecule has 0 radical (unpaired) electrons. The molecular formula is C15H20F2O5S. The van der Waals surface area contributed by atoms with Crippen LogP contribution in [0.15, 0.2) is 0 Å². The molecule has 2 unspecified atom stereocenters. The molecule has 4 fully saturated rings. The summed E-state index contributed by atoms with van der Waals surface area (Å²) in [5, 5.41) is 6.67. The zero-order valence-corrected chi connectivity index (χ0v) is 13.5. The van der Waals surface area contributed by atoms with Gasteiger partial charge in [-0.15, -0.1) is 0 Å². The molecule has 0 spiro atoms. The van der Waals surface area contributed by atoms with E-state index in [1.807, 2.05) is 0 Å². The molecule has 4 rings (SSSR count). The monoisotopic (exact) mass is 350 g/mol. The van der Waals surface area contributed by atoms with Crippen LogP contribution in [0.1, 0.15) is 38.5 Å². The highest BCUT2D eigenvalue weighted by Gasteiger charge is 2.57. The Morgan fingerprint density at radius 1 is 1.17 bits per heavy atom. The lowest BCUT2D eigenvalue weighted by atomic mass is 9.48.